The Labute approximate surface area is 121 Å². The smallest absolute Gasteiger partial charge is 0.335 e. The summed E-state index contributed by atoms with van der Waals surface area (Å²) in [5.74, 6) is 0.415. The standard InChI is InChI=1S/C14H17IO3/c15-12-7-6-11(14(16)17)8-13(12)18-9-10-4-2-1-3-5-10/h6-8,10H,1-5,9H2,(H,16,17). The van der Waals surface area contributed by atoms with Crippen molar-refractivity contribution in [3.8, 4) is 5.75 Å². The van der Waals surface area contributed by atoms with Crippen molar-refractivity contribution in [2.75, 3.05) is 6.61 Å². The van der Waals surface area contributed by atoms with Crippen LogP contribution in [0.15, 0.2) is 18.2 Å². The van der Waals surface area contributed by atoms with E-state index in [-0.39, 0.29) is 5.56 Å². The van der Waals surface area contributed by atoms with E-state index < -0.39 is 5.97 Å². The zero-order valence-electron chi connectivity index (χ0n) is 10.2. The predicted octanol–water partition coefficient (Wildman–Crippen LogP) is 3.95. The molecule has 1 N–H and O–H groups in total. The van der Waals surface area contributed by atoms with Crippen molar-refractivity contribution >= 4 is 28.6 Å². The first-order chi connectivity index (χ1) is 8.66. The van der Waals surface area contributed by atoms with E-state index in [0.29, 0.717) is 18.3 Å². The first-order valence-corrected chi connectivity index (χ1v) is 7.40. The molecule has 1 aliphatic rings. The maximum Gasteiger partial charge on any atom is 0.335 e. The van der Waals surface area contributed by atoms with Gasteiger partial charge in [-0.15, -0.1) is 0 Å². The van der Waals surface area contributed by atoms with E-state index in [9.17, 15) is 4.79 Å². The molecule has 98 valence electrons. The highest BCUT2D eigenvalue weighted by Crippen LogP contribution is 2.27. The third-order valence-electron chi connectivity index (χ3n) is 3.38. The van der Waals surface area contributed by atoms with Gasteiger partial charge in [0.2, 0.25) is 0 Å². The van der Waals surface area contributed by atoms with Crippen LogP contribution in [0.25, 0.3) is 0 Å². The second kappa shape index (κ2) is 6.41. The zero-order chi connectivity index (χ0) is 13.0. The number of carboxylic acid groups (broad SMARTS) is 1. The molecule has 0 atom stereocenters. The molecule has 0 amide bonds. The minimum Gasteiger partial charge on any atom is -0.492 e. The molecule has 1 aromatic carbocycles. The van der Waals surface area contributed by atoms with Gasteiger partial charge in [0, 0.05) is 0 Å². The SMILES string of the molecule is O=C(O)c1ccc(I)c(OCC2CCCCC2)c1. The summed E-state index contributed by atoms with van der Waals surface area (Å²) in [6, 6.07) is 5.02. The summed E-state index contributed by atoms with van der Waals surface area (Å²) >= 11 is 2.18. The van der Waals surface area contributed by atoms with E-state index in [1.807, 2.05) is 0 Å². The number of hydrogen-bond acceptors (Lipinski definition) is 2. The van der Waals surface area contributed by atoms with Gasteiger partial charge in [-0.3, -0.25) is 0 Å². The fraction of sp³-hybridized carbons (Fsp3) is 0.500. The van der Waals surface area contributed by atoms with Gasteiger partial charge >= 0.3 is 5.97 Å². The molecule has 1 aliphatic carbocycles. The summed E-state index contributed by atoms with van der Waals surface area (Å²) < 4.78 is 6.76. The average molecular weight is 360 g/mol. The lowest BCUT2D eigenvalue weighted by molar-refractivity contribution is 0.0696. The Bertz CT molecular complexity index is 425. The van der Waals surface area contributed by atoms with Crippen molar-refractivity contribution in [2.24, 2.45) is 5.92 Å². The van der Waals surface area contributed by atoms with Crippen LogP contribution in [0.2, 0.25) is 0 Å². The Morgan fingerprint density at radius 1 is 1.33 bits per heavy atom. The summed E-state index contributed by atoms with van der Waals surface area (Å²) in [6.45, 7) is 0.707. The van der Waals surface area contributed by atoms with Crippen molar-refractivity contribution in [3.63, 3.8) is 0 Å². The van der Waals surface area contributed by atoms with Gasteiger partial charge in [0.1, 0.15) is 5.75 Å². The third-order valence-corrected chi connectivity index (χ3v) is 4.27. The lowest BCUT2D eigenvalue weighted by Crippen LogP contribution is -2.15. The molecule has 0 radical (unpaired) electrons. The van der Waals surface area contributed by atoms with Gasteiger partial charge in [0.05, 0.1) is 15.7 Å². The topological polar surface area (TPSA) is 46.5 Å². The molecule has 0 aliphatic heterocycles. The molecule has 1 aromatic rings. The van der Waals surface area contributed by atoms with Crippen LogP contribution in [0.5, 0.6) is 5.75 Å². The summed E-state index contributed by atoms with van der Waals surface area (Å²) in [5.41, 5.74) is 0.286. The monoisotopic (exact) mass is 360 g/mol. The Kier molecular flexibility index (Phi) is 4.86. The Morgan fingerprint density at radius 2 is 2.06 bits per heavy atom. The number of hydrogen-bond donors (Lipinski definition) is 1. The molecule has 4 heteroatoms. The molecule has 2 rings (SSSR count). The van der Waals surface area contributed by atoms with Gasteiger partial charge in [-0.1, -0.05) is 19.3 Å². The Hall–Kier alpha value is -0.780. The average Bonchev–Trinajstić information content (AvgIpc) is 2.38. The Balaban J connectivity index is 1.99. The molecule has 0 unspecified atom stereocenters. The number of halogens is 1. The molecular weight excluding hydrogens is 343 g/mol. The van der Waals surface area contributed by atoms with Crippen molar-refractivity contribution in [3.05, 3.63) is 27.3 Å². The van der Waals surface area contributed by atoms with Gasteiger partial charge in [0.15, 0.2) is 0 Å². The van der Waals surface area contributed by atoms with Crippen LogP contribution in [-0.4, -0.2) is 17.7 Å². The number of benzene rings is 1. The van der Waals surface area contributed by atoms with Crippen LogP contribution in [0.1, 0.15) is 42.5 Å². The van der Waals surface area contributed by atoms with E-state index in [4.69, 9.17) is 9.84 Å². The molecule has 0 aromatic heterocycles. The van der Waals surface area contributed by atoms with Crippen LogP contribution in [-0.2, 0) is 0 Å². The third kappa shape index (κ3) is 3.60. The van der Waals surface area contributed by atoms with Crippen molar-refractivity contribution in [1.29, 1.82) is 0 Å². The molecular formula is C14H17IO3. The van der Waals surface area contributed by atoms with Crippen LogP contribution >= 0.6 is 22.6 Å². The summed E-state index contributed by atoms with van der Waals surface area (Å²) in [4.78, 5) is 10.9. The first kappa shape index (κ1) is 13.6. The minimum atomic E-state index is -0.908. The maximum atomic E-state index is 10.9. The lowest BCUT2D eigenvalue weighted by atomic mass is 9.90. The fourth-order valence-corrected chi connectivity index (χ4v) is 2.80. The summed E-state index contributed by atoms with van der Waals surface area (Å²) in [5, 5.41) is 8.96. The molecule has 0 bridgehead atoms. The molecule has 0 saturated heterocycles. The number of carbonyl (C=O) groups is 1. The second-order valence-electron chi connectivity index (χ2n) is 4.77. The van der Waals surface area contributed by atoms with Crippen LogP contribution in [0.3, 0.4) is 0 Å². The molecule has 3 nitrogen and oxygen atoms in total. The normalized spacial score (nSPS) is 16.5. The van der Waals surface area contributed by atoms with E-state index >= 15 is 0 Å². The quantitative estimate of drug-likeness (QED) is 0.828. The van der Waals surface area contributed by atoms with Gasteiger partial charge in [0.25, 0.3) is 0 Å². The summed E-state index contributed by atoms with van der Waals surface area (Å²) in [7, 11) is 0. The number of rotatable bonds is 4. The van der Waals surface area contributed by atoms with E-state index in [0.717, 1.165) is 3.57 Å². The molecule has 18 heavy (non-hydrogen) atoms. The van der Waals surface area contributed by atoms with E-state index in [2.05, 4.69) is 22.6 Å². The van der Waals surface area contributed by atoms with E-state index in [1.54, 1.807) is 18.2 Å². The fourth-order valence-electron chi connectivity index (χ4n) is 2.31. The van der Waals surface area contributed by atoms with Crippen molar-refractivity contribution in [1.82, 2.24) is 0 Å². The van der Waals surface area contributed by atoms with Crippen LogP contribution < -0.4 is 4.74 Å². The molecule has 1 saturated carbocycles. The highest BCUT2D eigenvalue weighted by molar-refractivity contribution is 14.1. The van der Waals surface area contributed by atoms with E-state index in [1.165, 1.54) is 32.1 Å². The predicted molar refractivity (Wildman–Crippen MR) is 78.2 cm³/mol. The van der Waals surface area contributed by atoms with Crippen molar-refractivity contribution < 1.29 is 14.6 Å². The van der Waals surface area contributed by atoms with Gasteiger partial charge in [-0.25, -0.2) is 4.79 Å². The minimum absolute atomic E-state index is 0.286. The summed E-state index contributed by atoms with van der Waals surface area (Å²) in [6.07, 6.45) is 6.38. The molecule has 1 fully saturated rings. The van der Waals surface area contributed by atoms with Gasteiger partial charge in [-0.05, 0) is 59.5 Å². The van der Waals surface area contributed by atoms with Crippen LogP contribution in [0.4, 0.5) is 0 Å². The Morgan fingerprint density at radius 3 is 2.72 bits per heavy atom. The highest BCUT2D eigenvalue weighted by Gasteiger charge is 2.15. The number of carboxylic acids is 1. The first-order valence-electron chi connectivity index (χ1n) is 6.32. The van der Waals surface area contributed by atoms with Crippen molar-refractivity contribution in [2.45, 2.75) is 32.1 Å². The second-order valence-corrected chi connectivity index (χ2v) is 5.93. The number of ether oxygens (including phenoxy) is 1. The van der Waals surface area contributed by atoms with Gasteiger partial charge in [-0.2, -0.15) is 0 Å². The molecule has 0 heterocycles. The zero-order valence-corrected chi connectivity index (χ0v) is 12.4. The lowest BCUT2D eigenvalue weighted by Gasteiger charge is -2.22. The van der Waals surface area contributed by atoms with Crippen LogP contribution in [0, 0.1) is 9.49 Å². The molecule has 0 spiro atoms. The highest BCUT2D eigenvalue weighted by atomic mass is 127. The number of aromatic carboxylic acids is 1. The largest absolute Gasteiger partial charge is 0.492 e. The van der Waals surface area contributed by atoms with Gasteiger partial charge < -0.3 is 9.84 Å². The maximum absolute atomic E-state index is 10.9.